The van der Waals surface area contributed by atoms with Crippen LogP contribution < -0.4 is 0 Å². The van der Waals surface area contributed by atoms with Gasteiger partial charge in [0.05, 0.1) is 5.69 Å². The molecule has 0 unspecified atom stereocenters. The maximum atomic E-state index is 8.74. The second-order valence-corrected chi connectivity index (χ2v) is 2.89. The van der Waals surface area contributed by atoms with E-state index in [-0.39, 0.29) is 6.61 Å². The van der Waals surface area contributed by atoms with Gasteiger partial charge in [-0.15, -0.1) is 5.10 Å². The van der Waals surface area contributed by atoms with E-state index in [2.05, 4.69) is 15.5 Å². The quantitative estimate of drug-likeness (QED) is 0.750. The van der Waals surface area contributed by atoms with Crippen molar-refractivity contribution in [3.63, 3.8) is 0 Å². The second-order valence-electron chi connectivity index (χ2n) is 2.89. The monoisotopic (exact) mass is 190 g/mol. The minimum absolute atomic E-state index is 0.171. The molecule has 0 saturated carbocycles. The van der Waals surface area contributed by atoms with Gasteiger partial charge in [-0.2, -0.15) is 0 Å². The van der Waals surface area contributed by atoms with Crippen LogP contribution in [0.1, 0.15) is 5.56 Å². The van der Waals surface area contributed by atoms with Crippen molar-refractivity contribution >= 4 is 0 Å². The molecule has 0 aliphatic carbocycles. The normalized spacial score (nSPS) is 10.4. The van der Waals surface area contributed by atoms with E-state index >= 15 is 0 Å². The highest BCUT2D eigenvalue weighted by Crippen LogP contribution is 2.07. The van der Waals surface area contributed by atoms with E-state index in [4.69, 9.17) is 5.11 Å². The van der Waals surface area contributed by atoms with Crippen LogP contribution in [0.3, 0.4) is 0 Å². The number of rotatable bonds is 3. The van der Waals surface area contributed by atoms with Gasteiger partial charge >= 0.3 is 0 Å². The summed E-state index contributed by atoms with van der Waals surface area (Å²) in [6.07, 6.45) is 2.22. The number of hydrogen-bond acceptors (Lipinski definition) is 4. The summed E-state index contributed by atoms with van der Waals surface area (Å²) in [5, 5.41) is 19.6. The first kappa shape index (κ1) is 8.83. The zero-order valence-corrected chi connectivity index (χ0v) is 7.54. The molecule has 2 rings (SSSR count). The van der Waals surface area contributed by atoms with Gasteiger partial charge < -0.3 is 5.11 Å². The molecule has 14 heavy (non-hydrogen) atoms. The van der Waals surface area contributed by atoms with Crippen LogP contribution in [0.5, 0.6) is 0 Å². The van der Waals surface area contributed by atoms with Crippen LogP contribution in [0.2, 0.25) is 0 Å². The molecule has 0 radical (unpaired) electrons. The van der Waals surface area contributed by atoms with E-state index < -0.39 is 0 Å². The first-order valence-electron chi connectivity index (χ1n) is 4.33. The summed E-state index contributed by atoms with van der Waals surface area (Å²) in [4.78, 5) is 0. The number of nitrogens with zero attached hydrogens (tertiary/aromatic N) is 4. The molecule has 0 bridgehead atoms. The third kappa shape index (κ3) is 1.77. The fourth-order valence-corrected chi connectivity index (χ4v) is 1.22. The largest absolute Gasteiger partial charge is 0.396 e. The molecule has 0 atom stereocenters. The van der Waals surface area contributed by atoms with Crippen LogP contribution in [0.25, 0.3) is 5.69 Å². The van der Waals surface area contributed by atoms with E-state index in [1.807, 2.05) is 24.3 Å². The lowest BCUT2D eigenvalue weighted by Gasteiger charge is -2.01. The van der Waals surface area contributed by atoms with Crippen LogP contribution >= 0.6 is 0 Å². The van der Waals surface area contributed by atoms with E-state index in [1.165, 1.54) is 0 Å². The third-order valence-corrected chi connectivity index (χ3v) is 1.95. The Morgan fingerprint density at radius 1 is 1.21 bits per heavy atom. The van der Waals surface area contributed by atoms with Crippen LogP contribution in [0.4, 0.5) is 0 Å². The fraction of sp³-hybridized carbons (Fsp3) is 0.222. The van der Waals surface area contributed by atoms with Crippen molar-refractivity contribution < 1.29 is 5.11 Å². The molecular formula is C9H10N4O. The second kappa shape index (κ2) is 3.97. The zero-order valence-electron chi connectivity index (χ0n) is 7.54. The summed E-state index contributed by atoms with van der Waals surface area (Å²) in [6, 6.07) is 7.74. The van der Waals surface area contributed by atoms with Crippen molar-refractivity contribution in [3.8, 4) is 5.69 Å². The number of benzene rings is 1. The first-order chi connectivity index (χ1) is 6.90. The van der Waals surface area contributed by atoms with E-state index in [0.717, 1.165) is 11.3 Å². The molecule has 0 aliphatic heterocycles. The van der Waals surface area contributed by atoms with Crippen LogP contribution in [0.15, 0.2) is 30.6 Å². The Labute approximate surface area is 81.0 Å². The van der Waals surface area contributed by atoms with Crippen molar-refractivity contribution in [1.29, 1.82) is 0 Å². The fourth-order valence-electron chi connectivity index (χ4n) is 1.22. The van der Waals surface area contributed by atoms with Crippen LogP contribution in [0, 0.1) is 0 Å². The summed E-state index contributed by atoms with van der Waals surface area (Å²) in [6.45, 7) is 0.171. The molecule has 5 heteroatoms. The Morgan fingerprint density at radius 2 is 2.00 bits per heavy atom. The highest BCUT2D eigenvalue weighted by Gasteiger charge is 1.97. The first-order valence-corrected chi connectivity index (χ1v) is 4.33. The summed E-state index contributed by atoms with van der Waals surface area (Å²) in [7, 11) is 0. The van der Waals surface area contributed by atoms with Gasteiger partial charge in [0.1, 0.15) is 6.33 Å². The van der Waals surface area contributed by atoms with Crippen molar-refractivity contribution in [2.24, 2.45) is 0 Å². The Kier molecular flexibility index (Phi) is 2.51. The Hall–Kier alpha value is -1.75. The Bertz CT molecular complexity index is 382. The molecule has 0 amide bonds. The maximum absolute atomic E-state index is 8.74. The van der Waals surface area contributed by atoms with E-state index in [0.29, 0.717) is 6.42 Å². The van der Waals surface area contributed by atoms with E-state index in [9.17, 15) is 0 Å². The van der Waals surface area contributed by atoms with Gasteiger partial charge in [0.2, 0.25) is 0 Å². The minimum Gasteiger partial charge on any atom is -0.396 e. The lowest BCUT2D eigenvalue weighted by atomic mass is 10.1. The molecule has 0 aliphatic rings. The molecule has 1 aromatic heterocycles. The number of tetrazole rings is 1. The molecule has 1 N–H and O–H groups in total. The number of aromatic nitrogens is 4. The summed E-state index contributed by atoms with van der Waals surface area (Å²) in [5.74, 6) is 0. The number of aliphatic hydroxyl groups excluding tert-OH is 1. The lowest BCUT2D eigenvalue weighted by Crippen LogP contribution is -1.96. The average Bonchev–Trinajstić information content (AvgIpc) is 2.72. The van der Waals surface area contributed by atoms with Gasteiger partial charge in [-0.3, -0.25) is 0 Å². The van der Waals surface area contributed by atoms with Gasteiger partial charge in [0.15, 0.2) is 0 Å². The number of hydrogen-bond donors (Lipinski definition) is 1. The molecule has 1 aromatic carbocycles. The molecule has 0 saturated heterocycles. The summed E-state index contributed by atoms with van der Waals surface area (Å²) in [5.41, 5.74) is 2.01. The summed E-state index contributed by atoms with van der Waals surface area (Å²) < 4.78 is 1.59. The molecule has 1 heterocycles. The van der Waals surface area contributed by atoms with Gasteiger partial charge in [-0.05, 0) is 34.5 Å². The molecule has 2 aromatic rings. The van der Waals surface area contributed by atoms with Gasteiger partial charge in [-0.1, -0.05) is 12.1 Å². The predicted molar refractivity (Wildman–Crippen MR) is 49.9 cm³/mol. The van der Waals surface area contributed by atoms with Gasteiger partial charge in [-0.25, -0.2) is 4.68 Å². The Balaban J connectivity index is 2.22. The lowest BCUT2D eigenvalue weighted by molar-refractivity contribution is 0.299. The van der Waals surface area contributed by atoms with Crippen LogP contribution in [-0.2, 0) is 6.42 Å². The van der Waals surface area contributed by atoms with Gasteiger partial charge in [0, 0.05) is 6.61 Å². The summed E-state index contributed by atoms with van der Waals surface area (Å²) >= 11 is 0. The predicted octanol–water partition coefficient (Wildman–Crippen LogP) is 0.197. The third-order valence-electron chi connectivity index (χ3n) is 1.95. The van der Waals surface area contributed by atoms with Crippen molar-refractivity contribution in [2.45, 2.75) is 6.42 Å². The highest BCUT2D eigenvalue weighted by atomic mass is 16.2. The molecule has 0 fully saturated rings. The minimum atomic E-state index is 0.171. The standard InChI is InChI=1S/C9H10N4O/c14-6-5-8-1-3-9(4-2-8)13-7-10-11-12-13/h1-4,7,14H,5-6H2. The topological polar surface area (TPSA) is 63.8 Å². The maximum Gasteiger partial charge on any atom is 0.143 e. The smallest absolute Gasteiger partial charge is 0.143 e. The van der Waals surface area contributed by atoms with Gasteiger partial charge in [0.25, 0.3) is 0 Å². The van der Waals surface area contributed by atoms with Crippen molar-refractivity contribution in [3.05, 3.63) is 36.2 Å². The molecule has 72 valence electrons. The average molecular weight is 190 g/mol. The van der Waals surface area contributed by atoms with Crippen molar-refractivity contribution in [1.82, 2.24) is 20.2 Å². The number of aliphatic hydroxyl groups is 1. The van der Waals surface area contributed by atoms with Crippen LogP contribution in [-0.4, -0.2) is 31.9 Å². The molecular weight excluding hydrogens is 180 g/mol. The zero-order chi connectivity index (χ0) is 9.80. The molecule has 5 nitrogen and oxygen atoms in total. The SMILES string of the molecule is OCCc1ccc(-n2cnnn2)cc1. The van der Waals surface area contributed by atoms with E-state index in [1.54, 1.807) is 11.0 Å². The highest BCUT2D eigenvalue weighted by molar-refractivity contribution is 5.33. The van der Waals surface area contributed by atoms with Crippen molar-refractivity contribution in [2.75, 3.05) is 6.61 Å². The molecule has 0 spiro atoms. The Morgan fingerprint density at radius 3 is 2.57 bits per heavy atom.